The Morgan fingerprint density at radius 3 is 2.39 bits per heavy atom. The molecule has 0 amide bonds. The highest BCUT2D eigenvalue weighted by Crippen LogP contribution is 2.24. The minimum absolute atomic E-state index is 0.384. The summed E-state index contributed by atoms with van der Waals surface area (Å²) in [6.07, 6.45) is 0. The molecule has 1 aromatic heterocycles. The largest absolute Gasteiger partial charge is 0.399 e. The van der Waals surface area contributed by atoms with Gasteiger partial charge in [0.15, 0.2) is 0 Å². The van der Waals surface area contributed by atoms with E-state index in [1.54, 1.807) is 11.3 Å². The predicted octanol–water partition coefficient (Wildman–Crippen LogP) is 2.84. The minimum Gasteiger partial charge on any atom is -0.399 e. The van der Waals surface area contributed by atoms with Crippen molar-refractivity contribution >= 4 is 22.2 Å². The molecule has 18 heavy (non-hydrogen) atoms. The Labute approximate surface area is 111 Å². The number of nitrogen functional groups attached to an aromatic ring is 1. The Kier molecular flexibility index (Phi) is 3.81. The molecule has 0 saturated carbocycles. The van der Waals surface area contributed by atoms with Gasteiger partial charge in [0, 0.05) is 18.3 Å². The summed E-state index contributed by atoms with van der Waals surface area (Å²) in [6, 6.07) is 8.35. The first-order valence-corrected chi connectivity index (χ1v) is 6.79. The maximum atomic E-state index is 5.70. The summed E-state index contributed by atoms with van der Waals surface area (Å²) in [6.45, 7) is 7.12. The Morgan fingerprint density at radius 1 is 1.22 bits per heavy atom. The van der Waals surface area contributed by atoms with Crippen LogP contribution in [0, 0.1) is 6.92 Å². The van der Waals surface area contributed by atoms with Crippen LogP contribution in [0.5, 0.6) is 0 Å². The Balaban J connectivity index is 2.19. The summed E-state index contributed by atoms with van der Waals surface area (Å²) < 4.78 is 0. The Morgan fingerprint density at radius 2 is 1.89 bits per heavy atom. The SMILES string of the molecule is Cc1nnc(N(Cc2ccc(N)cc2)C(C)C)s1. The second kappa shape index (κ2) is 5.35. The van der Waals surface area contributed by atoms with Gasteiger partial charge in [0.2, 0.25) is 5.13 Å². The summed E-state index contributed by atoms with van der Waals surface area (Å²) in [5.41, 5.74) is 7.72. The number of hydrogen-bond acceptors (Lipinski definition) is 5. The van der Waals surface area contributed by atoms with Gasteiger partial charge in [-0.15, -0.1) is 10.2 Å². The van der Waals surface area contributed by atoms with Crippen LogP contribution in [0.2, 0.25) is 0 Å². The van der Waals surface area contributed by atoms with E-state index in [4.69, 9.17) is 5.73 Å². The molecule has 0 aliphatic rings. The first-order chi connectivity index (χ1) is 8.56. The third kappa shape index (κ3) is 2.98. The van der Waals surface area contributed by atoms with Crippen LogP contribution in [-0.2, 0) is 6.54 Å². The monoisotopic (exact) mass is 262 g/mol. The summed E-state index contributed by atoms with van der Waals surface area (Å²) in [7, 11) is 0. The number of nitrogens with two attached hydrogens (primary N) is 1. The fourth-order valence-electron chi connectivity index (χ4n) is 1.69. The van der Waals surface area contributed by atoms with Crippen molar-refractivity contribution in [2.24, 2.45) is 0 Å². The molecule has 2 N–H and O–H groups in total. The van der Waals surface area contributed by atoms with Crippen LogP contribution in [0.1, 0.15) is 24.4 Å². The number of hydrogen-bond donors (Lipinski definition) is 1. The molecule has 0 atom stereocenters. The van der Waals surface area contributed by atoms with Crippen molar-refractivity contribution in [3.05, 3.63) is 34.8 Å². The lowest BCUT2D eigenvalue weighted by Crippen LogP contribution is -2.30. The number of benzene rings is 1. The third-order valence-corrected chi connectivity index (χ3v) is 3.59. The maximum absolute atomic E-state index is 5.70. The quantitative estimate of drug-likeness (QED) is 0.861. The van der Waals surface area contributed by atoms with Gasteiger partial charge >= 0.3 is 0 Å². The molecule has 0 aliphatic carbocycles. The van der Waals surface area contributed by atoms with Crippen molar-refractivity contribution < 1.29 is 0 Å². The standard InChI is InChI=1S/C13H18N4S/c1-9(2)17(13-16-15-10(3)18-13)8-11-4-6-12(14)7-5-11/h4-7,9H,8,14H2,1-3H3. The number of nitrogens with zero attached hydrogens (tertiary/aromatic N) is 3. The van der Waals surface area contributed by atoms with E-state index in [0.717, 1.165) is 22.4 Å². The van der Waals surface area contributed by atoms with Gasteiger partial charge in [-0.2, -0.15) is 0 Å². The molecule has 0 unspecified atom stereocenters. The maximum Gasteiger partial charge on any atom is 0.208 e. The van der Waals surface area contributed by atoms with Crippen LogP contribution >= 0.6 is 11.3 Å². The van der Waals surface area contributed by atoms with E-state index >= 15 is 0 Å². The van der Waals surface area contributed by atoms with Gasteiger partial charge < -0.3 is 10.6 Å². The number of rotatable bonds is 4. The van der Waals surface area contributed by atoms with E-state index < -0.39 is 0 Å². The van der Waals surface area contributed by atoms with Crippen LogP contribution in [0.25, 0.3) is 0 Å². The van der Waals surface area contributed by atoms with E-state index in [9.17, 15) is 0 Å². The van der Waals surface area contributed by atoms with E-state index in [0.29, 0.717) is 6.04 Å². The number of aryl methyl sites for hydroxylation is 1. The lowest BCUT2D eigenvalue weighted by molar-refractivity contribution is 0.675. The van der Waals surface area contributed by atoms with E-state index in [1.807, 2.05) is 19.1 Å². The number of aromatic nitrogens is 2. The van der Waals surface area contributed by atoms with Crippen molar-refractivity contribution in [3.8, 4) is 0 Å². The molecular weight excluding hydrogens is 244 g/mol. The van der Waals surface area contributed by atoms with Gasteiger partial charge in [-0.05, 0) is 38.5 Å². The smallest absolute Gasteiger partial charge is 0.208 e. The van der Waals surface area contributed by atoms with E-state index in [2.05, 4.69) is 41.1 Å². The molecule has 1 aromatic carbocycles. The molecule has 96 valence electrons. The second-order valence-electron chi connectivity index (χ2n) is 4.57. The lowest BCUT2D eigenvalue weighted by atomic mass is 10.2. The normalized spacial score (nSPS) is 10.9. The average Bonchev–Trinajstić information content (AvgIpc) is 2.74. The molecule has 0 spiro atoms. The van der Waals surface area contributed by atoms with Crippen molar-refractivity contribution in [3.63, 3.8) is 0 Å². The summed E-state index contributed by atoms with van der Waals surface area (Å²) >= 11 is 1.63. The molecule has 0 radical (unpaired) electrons. The number of anilines is 2. The second-order valence-corrected chi connectivity index (χ2v) is 5.73. The molecule has 2 aromatic rings. The zero-order valence-electron chi connectivity index (χ0n) is 10.9. The molecule has 4 nitrogen and oxygen atoms in total. The van der Waals surface area contributed by atoms with Crippen LogP contribution in [0.4, 0.5) is 10.8 Å². The first kappa shape index (κ1) is 12.8. The van der Waals surface area contributed by atoms with Crippen molar-refractivity contribution in [1.82, 2.24) is 10.2 Å². The fourth-order valence-corrected chi connectivity index (χ4v) is 2.51. The van der Waals surface area contributed by atoms with Crippen molar-refractivity contribution in [1.29, 1.82) is 0 Å². The van der Waals surface area contributed by atoms with Gasteiger partial charge in [-0.3, -0.25) is 0 Å². The fraction of sp³-hybridized carbons (Fsp3) is 0.385. The summed E-state index contributed by atoms with van der Waals surface area (Å²) in [5.74, 6) is 0. The molecule has 0 bridgehead atoms. The third-order valence-electron chi connectivity index (χ3n) is 2.72. The van der Waals surface area contributed by atoms with Gasteiger partial charge in [-0.25, -0.2) is 0 Å². The Bertz CT molecular complexity index is 504. The highest BCUT2D eigenvalue weighted by atomic mass is 32.1. The summed E-state index contributed by atoms with van der Waals surface area (Å²) in [5, 5.41) is 10.3. The van der Waals surface area contributed by atoms with Crippen LogP contribution in [-0.4, -0.2) is 16.2 Å². The van der Waals surface area contributed by atoms with E-state index in [1.165, 1.54) is 5.56 Å². The average molecular weight is 262 g/mol. The predicted molar refractivity (Wildman–Crippen MR) is 76.8 cm³/mol. The molecule has 0 fully saturated rings. The van der Waals surface area contributed by atoms with Crippen molar-refractivity contribution in [2.45, 2.75) is 33.4 Å². The first-order valence-electron chi connectivity index (χ1n) is 5.97. The van der Waals surface area contributed by atoms with Gasteiger partial charge in [-0.1, -0.05) is 23.5 Å². The molecule has 2 rings (SSSR count). The topological polar surface area (TPSA) is 55.0 Å². The molecular formula is C13H18N4S. The Hall–Kier alpha value is -1.62. The van der Waals surface area contributed by atoms with Gasteiger partial charge in [0.25, 0.3) is 0 Å². The zero-order valence-corrected chi connectivity index (χ0v) is 11.7. The van der Waals surface area contributed by atoms with Gasteiger partial charge in [0.05, 0.1) is 0 Å². The zero-order chi connectivity index (χ0) is 13.1. The van der Waals surface area contributed by atoms with Crippen LogP contribution < -0.4 is 10.6 Å². The van der Waals surface area contributed by atoms with Gasteiger partial charge in [0.1, 0.15) is 5.01 Å². The van der Waals surface area contributed by atoms with Crippen LogP contribution in [0.3, 0.4) is 0 Å². The summed E-state index contributed by atoms with van der Waals surface area (Å²) in [4.78, 5) is 2.25. The molecule has 1 heterocycles. The van der Waals surface area contributed by atoms with Crippen molar-refractivity contribution in [2.75, 3.05) is 10.6 Å². The highest BCUT2D eigenvalue weighted by Gasteiger charge is 2.15. The molecule has 0 aliphatic heterocycles. The highest BCUT2D eigenvalue weighted by molar-refractivity contribution is 7.15. The minimum atomic E-state index is 0.384. The molecule has 0 saturated heterocycles. The molecule has 5 heteroatoms. The van der Waals surface area contributed by atoms with E-state index in [-0.39, 0.29) is 0 Å². The lowest BCUT2D eigenvalue weighted by Gasteiger charge is -2.25. The van der Waals surface area contributed by atoms with Crippen LogP contribution in [0.15, 0.2) is 24.3 Å².